The molecule has 0 saturated heterocycles. The van der Waals surface area contributed by atoms with E-state index in [1.165, 1.54) is 12.7 Å². The maximum Gasteiger partial charge on any atom is 0.216 e. The minimum atomic E-state index is -2.69. The molecule has 0 spiro atoms. The van der Waals surface area contributed by atoms with Crippen molar-refractivity contribution in [2.45, 2.75) is 13.0 Å². The SMILES string of the molecule is COP(O)(=S)c1ccccc1.C[C@H](N)c1ccccc1. The summed E-state index contributed by atoms with van der Waals surface area (Å²) < 4.78 is 4.81. The summed E-state index contributed by atoms with van der Waals surface area (Å²) in [6, 6.07) is 19.3. The Morgan fingerprint density at radius 3 is 1.85 bits per heavy atom. The molecular weight excluding hydrogens is 289 g/mol. The van der Waals surface area contributed by atoms with Gasteiger partial charge in [0, 0.05) is 18.5 Å². The minimum Gasteiger partial charge on any atom is -0.342 e. The van der Waals surface area contributed by atoms with Crippen LogP contribution in [0.4, 0.5) is 0 Å². The molecular formula is C15H20NO2PS. The lowest BCUT2D eigenvalue weighted by atomic mass is 10.1. The van der Waals surface area contributed by atoms with Gasteiger partial charge in [0.25, 0.3) is 0 Å². The Bertz CT molecular complexity index is 546. The third kappa shape index (κ3) is 5.53. The average molecular weight is 309 g/mol. The van der Waals surface area contributed by atoms with Gasteiger partial charge in [-0.05, 0) is 36.4 Å². The molecule has 0 aliphatic rings. The van der Waals surface area contributed by atoms with Gasteiger partial charge in [-0.3, -0.25) is 0 Å². The summed E-state index contributed by atoms with van der Waals surface area (Å²) in [6.07, 6.45) is 0. The lowest BCUT2D eigenvalue weighted by molar-refractivity contribution is 0.398. The molecule has 3 N–H and O–H groups in total. The van der Waals surface area contributed by atoms with E-state index in [4.69, 9.17) is 22.1 Å². The predicted molar refractivity (Wildman–Crippen MR) is 88.6 cm³/mol. The number of nitrogens with two attached hydrogens (primary N) is 1. The van der Waals surface area contributed by atoms with Gasteiger partial charge < -0.3 is 15.2 Å². The van der Waals surface area contributed by atoms with Crippen molar-refractivity contribution in [2.24, 2.45) is 5.73 Å². The molecule has 3 nitrogen and oxygen atoms in total. The standard InChI is InChI=1S/C8H11N.C7H9O2PS/c1-7(9)8-5-3-2-4-6-8;1-9-10(8,11)7-5-3-2-4-6-7/h2-7H,9H2,1H3;2-6H,1H3,(H,8,11)/t7-;/m0./s1. The van der Waals surface area contributed by atoms with Crippen LogP contribution in [0, 0.1) is 0 Å². The van der Waals surface area contributed by atoms with Crippen LogP contribution in [0.3, 0.4) is 0 Å². The van der Waals surface area contributed by atoms with Crippen LogP contribution in [0.1, 0.15) is 18.5 Å². The smallest absolute Gasteiger partial charge is 0.216 e. The van der Waals surface area contributed by atoms with E-state index in [0.717, 1.165) is 0 Å². The lowest BCUT2D eigenvalue weighted by Crippen LogP contribution is -2.03. The summed E-state index contributed by atoms with van der Waals surface area (Å²) in [5, 5.41) is 0.692. The summed E-state index contributed by atoms with van der Waals surface area (Å²) >= 11 is 4.86. The summed E-state index contributed by atoms with van der Waals surface area (Å²) in [4.78, 5) is 9.50. The predicted octanol–water partition coefficient (Wildman–Crippen LogP) is 2.97. The average Bonchev–Trinajstić information content (AvgIpc) is 2.49. The van der Waals surface area contributed by atoms with Crippen LogP contribution < -0.4 is 11.0 Å². The first-order chi connectivity index (χ1) is 9.47. The van der Waals surface area contributed by atoms with E-state index < -0.39 is 6.49 Å². The van der Waals surface area contributed by atoms with E-state index in [1.54, 1.807) is 12.1 Å². The Hall–Kier alpha value is -1.03. The molecule has 2 rings (SSSR count). The highest BCUT2D eigenvalue weighted by Crippen LogP contribution is 2.39. The zero-order chi connectivity index (χ0) is 15.0. The first kappa shape index (κ1) is 17.0. The van der Waals surface area contributed by atoms with Crippen molar-refractivity contribution in [2.75, 3.05) is 7.11 Å². The van der Waals surface area contributed by atoms with Crippen molar-refractivity contribution in [3.63, 3.8) is 0 Å². The van der Waals surface area contributed by atoms with Crippen molar-refractivity contribution in [1.29, 1.82) is 0 Å². The molecule has 0 aromatic heterocycles. The Labute approximate surface area is 125 Å². The normalized spacial score (nSPS) is 14.6. The molecule has 1 unspecified atom stereocenters. The zero-order valence-corrected chi connectivity index (χ0v) is 13.4. The zero-order valence-electron chi connectivity index (χ0n) is 11.6. The van der Waals surface area contributed by atoms with E-state index in [-0.39, 0.29) is 6.04 Å². The second kappa shape index (κ2) is 8.30. The third-order valence-electron chi connectivity index (χ3n) is 2.66. The second-order valence-corrected chi connectivity index (χ2v) is 7.65. The van der Waals surface area contributed by atoms with Gasteiger partial charge in [0.15, 0.2) is 0 Å². The molecule has 108 valence electrons. The van der Waals surface area contributed by atoms with E-state index in [9.17, 15) is 4.89 Å². The van der Waals surface area contributed by atoms with Crippen molar-refractivity contribution in [3.8, 4) is 0 Å². The van der Waals surface area contributed by atoms with Crippen LogP contribution in [0.5, 0.6) is 0 Å². The van der Waals surface area contributed by atoms with Crippen molar-refractivity contribution in [3.05, 3.63) is 66.2 Å². The van der Waals surface area contributed by atoms with Gasteiger partial charge in [-0.25, -0.2) is 0 Å². The molecule has 0 heterocycles. The van der Waals surface area contributed by atoms with Gasteiger partial charge in [-0.1, -0.05) is 48.5 Å². The molecule has 0 radical (unpaired) electrons. The largest absolute Gasteiger partial charge is 0.342 e. The summed E-state index contributed by atoms with van der Waals surface area (Å²) in [6.45, 7) is -0.711. The minimum absolute atomic E-state index is 0.159. The molecule has 20 heavy (non-hydrogen) atoms. The molecule has 0 fully saturated rings. The van der Waals surface area contributed by atoms with Gasteiger partial charge in [-0.15, -0.1) is 0 Å². The van der Waals surface area contributed by atoms with E-state index >= 15 is 0 Å². The molecule has 0 bridgehead atoms. The van der Waals surface area contributed by atoms with E-state index in [0.29, 0.717) is 5.30 Å². The second-order valence-electron chi connectivity index (χ2n) is 4.24. The third-order valence-corrected chi connectivity index (χ3v) is 5.18. The van der Waals surface area contributed by atoms with Crippen molar-refractivity contribution < 1.29 is 9.42 Å². The van der Waals surface area contributed by atoms with Crippen LogP contribution in [0.25, 0.3) is 0 Å². The van der Waals surface area contributed by atoms with Gasteiger partial charge >= 0.3 is 0 Å². The highest BCUT2D eigenvalue weighted by molar-refractivity contribution is 8.13. The fraction of sp³-hybridized carbons (Fsp3) is 0.200. The first-order valence-corrected chi connectivity index (χ1v) is 8.89. The van der Waals surface area contributed by atoms with Gasteiger partial charge in [-0.2, -0.15) is 0 Å². The van der Waals surface area contributed by atoms with Crippen LogP contribution in [0.2, 0.25) is 0 Å². The molecule has 2 aromatic rings. The Morgan fingerprint density at radius 2 is 1.50 bits per heavy atom. The molecule has 0 aliphatic heterocycles. The molecule has 2 atom stereocenters. The Morgan fingerprint density at radius 1 is 1.05 bits per heavy atom. The van der Waals surface area contributed by atoms with Crippen LogP contribution >= 0.6 is 6.49 Å². The van der Waals surface area contributed by atoms with Crippen molar-refractivity contribution in [1.82, 2.24) is 0 Å². The Kier molecular flexibility index (Phi) is 7.06. The van der Waals surface area contributed by atoms with Crippen LogP contribution in [-0.4, -0.2) is 12.0 Å². The summed E-state index contributed by atoms with van der Waals surface area (Å²) in [7, 11) is 1.42. The van der Waals surface area contributed by atoms with Gasteiger partial charge in [0.05, 0.1) is 0 Å². The van der Waals surface area contributed by atoms with Crippen LogP contribution in [0.15, 0.2) is 60.7 Å². The van der Waals surface area contributed by atoms with E-state index in [2.05, 4.69) is 0 Å². The number of benzene rings is 2. The number of hydrogen-bond donors (Lipinski definition) is 2. The highest BCUT2D eigenvalue weighted by atomic mass is 32.5. The Balaban J connectivity index is 0.000000204. The van der Waals surface area contributed by atoms with Crippen LogP contribution in [-0.2, 0) is 16.3 Å². The van der Waals surface area contributed by atoms with Gasteiger partial charge in [0.1, 0.15) is 0 Å². The molecule has 0 amide bonds. The maximum atomic E-state index is 9.50. The fourth-order valence-electron chi connectivity index (χ4n) is 1.48. The van der Waals surface area contributed by atoms with E-state index in [1.807, 2.05) is 55.5 Å². The fourth-order valence-corrected chi connectivity index (χ4v) is 2.60. The number of rotatable bonds is 3. The highest BCUT2D eigenvalue weighted by Gasteiger charge is 2.13. The lowest BCUT2D eigenvalue weighted by Gasteiger charge is -2.11. The molecule has 0 saturated carbocycles. The quantitative estimate of drug-likeness (QED) is 0.856. The van der Waals surface area contributed by atoms with Gasteiger partial charge in [0.2, 0.25) is 6.49 Å². The topological polar surface area (TPSA) is 55.5 Å². The number of hydrogen-bond acceptors (Lipinski definition) is 3. The van der Waals surface area contributed by atoms with Crippen molar-refractivity contribution >= 4 is 23.6 Å². The summed E-state index contributed by atoms with van der Waals surface area (Å²) in [5.41, 5.74) is 6.81. The first-order valence-electron chi connectivity index (χ1n) is 6.22. The summed E-state index contributed by atoms with van der Waals surface area (Å²) in [5.74, 6) is 0. The molecule has 0 aliphatic carbocycles. The maximum absolute atomic E-state index is 9.50. The monoisotopic (exact) mass is 309 g/mol. The molecule has 2 aromatic carbocycles. The molecule has 5 heteroatoms.